The zero-order valence-corrected chi connectivity index (χ0v) is 12.2. The maximum atomic E-state index is 12.9. The van der Waals surface area contributed by atoms with Crippen LogP contribution in [0.25, 0.3) is 0 Å². The molecule has 0 bridgehead atoms. The molecule has 1 aromatic rings. The molecule has 0 radical (unpaired) electrons. The average Bonchev–Trinajstić information content (AvgIpc) is 2.36. The van der Waals surface area contributed by atoms with Crippen molar-refractivity contribution in [2.24, 2.45) is 5.73 Å². The van der Waals surface area contributed by atoms with Crippen LogP contribution < -0.4 is 11.1 Å². The van der Waals surface area contributed by atoms with E-state index >= 15 is 0 Å². The van der Waals surface area contributed by atoms with Gasteiger partial charge in [-0.1, -0.05) is 22.0 Å². The molecule has 0 saturated heterocycles. The normalized spacial score (nSPS) is 13.1. The monoisotopic (exact) mass is 354 g/mol. The number of carbonyl (C=O) groups excluding carboxylic acids is 1. The van der Waals surface area contributed by atoms with Crippen molar-refractivity contribution in [1.82, 2.24) is 5.32 Å². The van der Waals surface area contributed by atoms with Crippen LogP contribution in [0.5, 0.6) is 0 Å². The Balaban J connectivity index is 2.81. The summed E-state index contributed by atoms with van der Waals surface area (Å²) in [5.74, 6) is -0.567. The van der Waals surface area contributed by atoms with E-state index in [2.05, 4.69) is 21.2 Å². The number of carbonyl (C=O) groups is 1. The third-order valence-electron chi connectivity index (χ3n) is 2.51. The second kappa shape index (κ2) is 7.05. The van der Waals surface area contributed by atoms with E-state index in [-0.39, 0.29) is 18.7 Å². The van der Waals surface area contributed by atoms with Gasteiger partial charge in [0.1, 0.15) is 6.04 Å². The molecule has 1 atom stereocenters. The number of hydrogen-bond donors (Lipinski definition) is 2. The van der Waals surface area contributed by atoms with Crippen LogP contribution in [0, 0.1) is 0 Å². The summed E-state index contributed by atoms with van der Waals surface area (Å²) in [6, 6.07) is 2.84. The topological polar surface area (TPSA) is 64.3 Å². The van der Waals surface area contributed by atoms with E-state index in [1.165, 1.54) is 19.2 Å². The van der Waals surface area contributed by atoms with Crippen molar-refractivity contribution in [1.29, 1.82) is 0 Å². The molecule has 112 valence electrons. The first-order valence-corrected chi connectivity index (χ1v) is 6.43. The van der Waals surface area contributed by atoms with Gasteiger partial charge in [0.2, 0.25) is 5.91 Å². The molecule has 0 aliphatic carbocycles. The van der Waals surface area contributed by atoms with Crippen molar-refractivity contribution in [2.75, 3.05) is 13.7 Å². The van der Waals surface area contributed by atoms with Crippen LogP contribution in [0.3, 0.4) is 0 Å². The lowest BCUT2D eigenvalue weighted by atomic mass is 10.1. The first-order valence-electron chi connectivity index (χ1n) is 5.63. The Kier molecular flexibility index (Phi) is 5.97. The zero-order chi connectivity index (χ0) is 15.3. The minimum absolute atomic E-state index is 0.00169. The standard InChI is InChI=1S/C12H14BrF3N2O2/c1-20-6-10(17)11(19)18-5-7-2-3-8(13)4-9(7)12(14,15)16/h2-4,10H,5-6,17H2,1H3,(H,18,19). The Hall–Kier alpha value is -1.12. The van der Waals surface area contributed by atoms with Crippen molar-refractivity contribution in [3.8, 4) is 0 Å². The fourth-order valence-corrected chi connectivity index (χ4v) is 1.90. The van der Waals surface area contributed by atoms with Crippen LogP contribution in [-0.4, -0.2) is 25.7 Å². The highest BCUT2D eigenvalue weighted by molar-refractivity contribution is 9.10. The van der Waals surface area contributed by atoms with E-state index in [9.17, 15) is 18.0 Å². The Morgan fingerprint density at radius 3 is 2.70 bits per heavy atom. The summed E-state index contributed by atoms with van der Waals surface area (Å²) < 4.78 is 43.6. The number of nitrogens with two attached hydrogens (primary N) is 1. The highest BCUT2D eigenvalue weighted by Gasteiger charge is 2.33. The number of ether oxygens (including phenoxy) is 1. The molecule has 0 aliphatic rings. The first kappa shape index (κ1) is 16.9. The molecule has 3 N–H and O–H groups in total. The average molecular weight is 355 g/mol. The van der Waals surface area contributed by atoms with Crippen molar-refractivity contribution in [3.63, 3.8) is 0 Å². The summed E-state index contributed by atoms with van der Waals surface area (Å²) in [5, 5.41) is 2.36. The van der Waals surface area contributed by atoms with E-state index in [0.717, 1.165) is 6.07 Å². The van der Waals surface area contributed by atoms with Crippen LogP contribution in [0.1, 0.15) is 11.1 Å². The summed E-state index contributed by atoms with van der Waals surface area (Å²) in [7, 11) is 1.38. The van der Waals surface area contributed by atoms with Gasteiger partial charge in [0.25, 0.3) is 0 Å². The Bertz CT molecular complexity index is 480. The molecule has 0 saturated carbocycles. The molecule has 0 heterocycles. The summed E-state index contributed by atoms with van der Waals surface area (Å²) in [4.78, 5) is 11.5. The number of halogens is 4. The van der Waals surface area contributed by atoms with Gasteiger partial charge in [0, 0.05) is 18.1 Å². The van der Waals surface area contributed by atoms with Gasteiger partial charge in [-0.25, -0.2) is 0 Å². The molecule has 1 aromatic carbocycles. The number of methoxy groups -OCH3 is 1. The molecular weight excluding hydrogens is 341 g/mol. The smallest absolute Gasteiger partial charge is 0.383 e. The maximum Gasteiger partial charge on any atom is 0.416 e. The quantitative estimate of drug-likeness (QED) is 0.850. The van der Waals surface area contributed by atoms with E-state index in [1.807, 2.05) is 0 Å². The highest BCUT2D eigenvalue weighted by Crippen LogP contribution is 2.33. The predicted molar refractivity (Wildman–Crippen MR) is 70.8 cm³/mol. The Morgan fingerprint density at radius 1 is 1.50 bits per heavy atom. The maximum absolute atomic E-state index is 12.9. The van der Waals surface area contributed by atoms with Gasteiger partial charge in [-0.05, 0) is 17.7 Å². The highest BCUT2D eigenvalue weighted by atomic mass is 79.9. The summed E-state index contributed by atoms with van der Waals surface area (Å²) in [6.07, 6.45) is -4.49. The number of nitrogens with one attached hydrogen (secondary N) is 1. The molecule has 8 heteroatoms. The van der Waals surface area contributed by atoms with Crippen molar-refractivity contribution >= 4 is 21.8 Å². The molecule has 0 fully saturated rings. The fraction of sp³-hybridized carbons (Fsp3) is 0.417. The second-order valence-corrected chi connectivity index (χ2v) is 4.99. The van der Waals surface area contributed by atoms with Crippen molar-refractivity contribution < 1.29 is 22.7 Å². The first-order chi connectivity index (χ1) is 9.25. The van der Waals surface area contributed by atoms with E-state index in [0.29, 0.717) is 4.47 Å². The number of rotatable bonds is 5. The zero-order valence-electron chi connectivity index (χ0n) is 10.6. The third kappa shape index (κ3) is 4.77. The number of alkyl halides is 3. The Labute approximate surface area is 122 Å². The van der Waals surface area contributed by atoms with E-state index in [4.69, 9.17) is 10.5 Å². The van der Waals surface area contributed by atoms with Gasteiger partial charge in [0.05, 0.1) is 12.2 Å². The third-order valence-corrected chi connectivity index (χ3v) is 3.01. The lowest BCUT2D eigenvalue weighted by Gasteiger charge is -2.15. The van der Waals surface area contributed by atoms with Crippen LogP contribution in [-0.2, 0) is 22.3 Å². The SMILES string of the molecule is COCC(N)C(=O)NCc1ccc(Br)cc1C(F)(F)F. The molecule has 0 spiro atoms. The van der Waals surface area contributed by atoms with Gasteiger partial charge in [0.15, 0.2) is 0 Å². The van der Waals surface area contributed by atoms with Gasteiger partial charge in [-0.3, -0.25) is 4.79 Å². The number of amides is 1. The molecule has 20 heavy (non-hydrogen) atoms. The van der Waals surface area contributed by atoms with Crippen LogP contribution >= 0.6 is 15.9 Å². The van der Waals surface area contributed by atoms with Gasteiger partial charge >= 0.3 is 6.18 Å². The summed E-state index contributed by atoms with van der Waals surface area (Å²) in [6.45, 7) is -0.253. The lowest BCUT2D eigenvalue weighted by Crippen LogP contribution is -2.43. The Morgan fingerprint density at radius 2 is 2.15 bits per heavy atom. The number of hydrogen-bond acceptors (Lipinski definition) is 3. The molecule has 1 rings (SSSR count). The molecular formula is C12H14BrF3N2O2. The van der Waals surface area contributed by atoms with Crippen molar-refractivity contribution in [3.05, 3.63) is 33.8 Å². The van der Waals surface area contributed by atoms with Gasteiger partial charge in [-0.15, -0.1) is 0 Å². The number of benzene rings is 1. The molecule has 4 nitrogen and oxygen atoms in total. The molecule has 0 aliphatic heterocycles. The van der Waals surface area contributed by atoms with Gasteiger partial charge in [-0.2, -0.15) is 13.2 Å². The fourth-order valence-electron chi connectivity index (χ4n) is 1.54. The van der Waals surface area contributed by atoms with Crippen LogP contribution in [0.15, 0.2) is 22.7 Å². The van der Waals surface area contributed by atoms with E-state index < -0.39 is 23.7 Å². The minimum atomic E-state index is -4.49. The molecule has 0 aromatic heterocycles. The van der Waals surface area contributed by atoms with Gasteiger partial charge < -0.3 is 15.8 Å². The largest absolute Gasteiger partial charge is 0.416 e. The van der Waals surface area contributed by atoms with Crippen molar-refractivity contribution in [2.45, 2.75) is 18.8 Å². The van der Waals surface area contributed by atoms with Crippen LogP contribution in [0.2, 0.25) is 0 Å². The summed E-state index contributed by atoms with van der Waals surface area (Å²) >= 11 is 2.99. The molecule has 1 amide bonds. The van der Waals surface area contributed by atoms with E-state index in [1.54, 1.807) is 0 Å². The minimum Gasteiger partial charge on any atom is -0.383 e. The molecule has 1 unspecified atom stereocenters. The predicted octanol–water partition coefficient (Wildman–Crippen LogP) is 2.06. The van der Waals surface area contributed by atoms with Crippen LogP contribution in [0.4, 0.5) is 13.2 Å². The lowest BCUT2D eigenvalue weighted by molar-refractivity contribution is -0.138. The summed E-state index contributed by atoms with van der Waals surface area (Å²) in [5.41, 5.74) is 4.65. The second-order valence-electron chi connectivity index (χ2n) is 4.08.